The van der Waals surface area contributed by atoms with Gasteiger partial charge in [-0.15, -0.1) is 0 Å². The van der Waals surface area contributed by atoms with Gasteiger partial charge >= 0.3 is 0 Å². The van der Waals surface area contributed by atoms with Gasteiger partial charge in [-0.2, -0.15) is 4.72 Å². The second-order valence-electron chi connectivity index (χ2n) is 6.14. The smallest absolute Gasteiger partial charge is 0.241 e. The number of carbonyl (C=O) groups is 1. The predicted molar refractivity (Wildman–Crippen MR) is 98.6 cm³/mol. The van der Waals surface area contributed by atoms with Gasteiger partial charge in [0.05, 0.1) is 4.90 Å². The summed E-state index contributed by atoms with van der Waals surface area (Å²) in [6.45, 7) is 3.78. The molecular weight excluding hydrogens is 355 g/mol. The molecule has 0 bridgehead atoms. The van der Waals surface area contributed by atoms with Crippen LogP contribution >= 0.6 is 0 Å². The first-order valence-electron chi connectivity index (χ1n) is 8.44. The van der Waals surface area contributed by atoms with Crippen LogP contribution in [-0.2, 0) is 21.2 Å². The van der Waals surface area contributed by atoms with E-state index in [1.54, 1.807) is 0 Å². The van der Waals surface area contributed by atoms with Crippen molar-refractivity contribution >= 4 is 15.9 Å². The molecule has 0 aliphatic rings. The summed E-state index contributed by atoms with van der Waals surface area (Å²) in [5, 5.41) is 2.81. The summed E-state index contributed by atoms with van der Waals surface area (Å²) in [5.41, 5.74) is 0.832. The van der Waals surface area contributed by atoms with Crippen LogP contribution in [0.5, 0.6) is 0 Å². The minimum Gasteiger partial charge on any atom is -0.352 e. The van der Waals surface area contributed by atoms with Gasteiger partial charge in [-0.05, 0) is 49.6 Å². The first-order valence-corrected chi connectivity index (χ1v) is 9.92. The monoisotopic (exact) mass is 378 g/mol. The molecule has 0 saturated carbocycles. The summed E-state index contributed by atoms with van der Waals surface area (Å²) < 4.78 is 40.7. The fourth-order valence-corrected chi connectivity index (χ4v) is 3.55. The fraction of sp³-hybridized carbons (Fsp3) is 0.316. The highest BCUT2D eigenvalue weighted by molar-refractivity contribution is 7.89. The molecule has 2 aromatic rings. The molecule has 26 heavy (non-hydrogen) atoms. The summed E-state index contributed by atoms with van der Waals surface area (Å²) in [5.74, 6) is -0.923. The number of amides is 1. The lowest BCUT2D eigenvalue weighted by Gasteiger charge is -2.21. The Kier molecular flexibility index (Phi) is 6.88. The average Bonchev–Trinajstić information content (AvgIpc) is 2.62. The predicted octanol–water partition coefficient (Wildman–Crippen LogP) is 2.63. The largest absolute Gasteiger partial charge is 0.352 e. The Labute approximate surface area is 153 Å². The van der Waals surface area contributed by atoms with Gasteiger partial charge < -0.3 is 5.32 Å². The summed E-state index contributed by atoms with van der Waals surface area (Å²) in [6, 6.07) is 12.6. The molecule has 2 aromatic carbocycles. The van der Waals surface area contributed by atoms with Gasteiger partial charge in [0.15, 0.2) is 0 Å². The fourth-order valence-electron chi connectivity index (χ4n) is 2.35. The zero-order valence-corrected chi connectivity index (χ0v) is 15.6. The van der Waals surface area contributed by atoms with Gasteiger partial charge in [0, 0.05) is 6.04 Å². The molecule has 0 heterocycles. The van der Waals surface area contributed by atoms with E-state index in [-0.39, 0.29) is 17.4 Å². The Morgan fingerprint density at radius 1 is 1.08 bits per heavy atom. The van der Waals surface area contributed by atoms with E-state index < -0.39 is 27.8 Å². The topological polar surface area (TPSA) is 75.3 Å². The molecule has 2 atom stereocenters. The van der Waals surface area contributed by atoms with Crippen molar-refractivity contribution in [1.29, 1.82) is 0 Å². The highest BCUT2D eigenvalue weighted by atomic mass is 32.2. The minimum atomic E-state index is -3.96. The normalized spacial score (nSPS) is 13.8. The Hall–Kier alpha value is -2.25. The number of carbonyl (C=O) groups excluding carboxylic acids is 1. The third-order valence-electron chi connectivity index (χ3n) is 4.02. The molecule has 2 rings (SSSR count). The van der Waals surface area contributed by atoms with E-state index in [2.05, 4.69) is 10.0 Å². The zero-order chi connectivity index (χ0) is 19.2. The molecule has 0 unspecified atom stereocenters. The molecule has 0 fully saturated rings. The van der Waals surface area contributed by atoms with Crippen molar-refractivity contribution in [1.82, 2.24) is 10.0 Å². The van der Waals surface area contributed by atoms with E-state index in [9.17, 15) is 17.6 Å². The molecule has 2 N–H and O–H groups in total. The maximum atomic E-state index is 13.1. The van der Waals surface area contributed by atoms with E-state index in [4.69, 9.17) is 0 Å². The van der Waals surface area contributed by atoms with Gasteiger partial charge in [-0.25, -0.2) is 12.8 Å². The summed E-state index contributed by atoms with van der Waals surface area (Å²) in [6.07, 6.45) is 0.943. The highest BCUT2D eigenvalue weighted by Crippen LogP contribution is 2.12. The Morgan fingerprint density at radius 3 is 2.27 bits per heavy atom. The van der Waals surface area contributed by atoms with Crippen LogP contribution in [0, 0.1) is 5.82 Å². The number of sulfonamides is 1. The lowest BCUT2D eigenvalue weighted by molar-refractivity contribution is -0.123. The van der Waals surface area contributed by atoms with Crippen molar-refractivity contribution in [3.8, 4) is 0 Å². The van der Waals surface area contributed by atoms with Crippen LogP contribution in [0.15, 0.2) is 59.5 Å². The number of nitrogens with one attached hydrogen (secondary N) is 2. The van der Waals surface area contributed by atoms with Gasteiger partial charge in [0.2, 0.25) is 15.9 Å². The number of benzene rings is 2. The van der Waals surface area contributed by atoms with E-state index in [1.807, 2.05) is 44.2 Å². The van der Waals surface area contributed by atoms with Crippen molar-refractivity contribution < 1.29 is 17.6 Å². The molecule has 0 spiro atoms. The maximum absolute atomic E-state index is 13.1. The van der Waals surface area contributed by atoms with Gasteiger partial charge in [-0.1, -0.05) is 37.3 Å². The van der Waals surface area contributed by atoms with Crippen LogP contribution in [0.3, 0.4) is 0 Å². The molecular formula is C19H23FN2O3S. The van der Waals surface area contributed by atoms with Crippen LogP contribution in [0.1, 0.15) is 25.8 Å². The summed E-state index contributed by atoms with van der Waals surface area (Å²) in [7, 11) is -3.96. The molecule has 0 aliphatic heterocycles. The molecule has 0 aliphatic carbocycles. The molecule has 140 valence electrons. The molecule has 0 radical (unpaired) electrons. The van der Waals surface area contributed by atoms with Crippen molar-refractivity contribution in [2.24, 2.45) is 0 Å². The van der Waals surface area contributed by atoms with E-state index in [1.165, 1.54) is 12.1 Å². The molecule has 0 aromatic heterocycles. The van der Waals surface area contributed by atoms with Gasteiger partial charge in [-0.3, -0.25) is 4.79 Å². The number of hydrogen-bond donors (Lipinski definition) is 2. The van der Waals surface area contributed by atoms with Crippen LogP contribution in [0.25, 0.3) is 0 Å². The van der Waals surface area contributed by atoms with Crippen molar-refractivity contribution in [3.63, 3.8) is 0 Å². The number of hydrogen-bond acceptors (Lipinski definition) is 3. The lowest BCUT2D eigenvalue weighted by Crippen LogP contribution is -2.50. The molecule has 7 heteroatoms. The summed E-state index contributed by atoms with van der Waals surface area (Å²) in [4.78, 5) is 12.5. The van der Waals surface area contributed by atoms with Crippen LogP contribution in [0.4, 0.5) is 4.39 Å². The highest BCUT2D eigenvalue weighted by Gasteiger charge is 2.26. The number of rotatable bonds is 8. The molecule has 0 saturated heterocycles. The maximum Gasteiger partial charge on any atom is 0.241 e. The average molecular weight is 378 g/mol. The first-order chi connectivity index (χ1) is 12.3. The van der Waals surface area contributed by atoms with Gasteiger partial charge in [0.25, 0.3) is 0 Å². The molecule has 5 nitrogen and oxygen atoms in total. The Morgan fingerprint density at radius 2 is 1.69 bits per heavy atom. The van der Waals surface area contributed by atoms with E-state index >= 15 is 0 Å². The zero-order valence-electron chi connectivity index (χ0n) is 14.8. The van der Waals surface area contributed by atoms with Crippen LogP contribution < -0.4 is 10.0 Å². The van der Waals surface area contributed by atoms with Crippen molar-refractivity contribution in [2.75, 3.05) is 0 Å². The Balaban J connectivity index is 2.24. The SMILES string of the molecule is CC[C@H](C)NC(=O)[C@@H](Cc1ccccc1)NS(=O)(=O)c1ccc(F)cc1. The van der Waals surface area contributed by atoms with Crippen LogP contribution in [-0.4, -0.2) is 26.4 Å². The molecule has 1 amide bonds. The summed E-state index contributed by atoms with van der Waals surface area (Å²) >= 11 is 0. The van der Waals surface area contributed by atoms with Crippen LogP contribution in [0.2, 0.25) is 0 Å². The van der Waals surface area contributed by atoms with Crippen molar-refractivity contribution in [2.45, 2.75) is 43.7 Å². The quantitative estimate of drug-likeness (QED) is 0.741. The van der Waals surface area contributed by atoms with Gasteiger partial charge in [0.1, 0.15) is 11.9 Å². The first kappa shape index (κ1) is 20.1. The second-order valence-corrected chi connectivity index (χ2v) is 7.85. The third kappa shape index (κ3) is 5.64. The second kappa shape index (κ2) is 8.91. The Bertz CT molecular complexity index is 824. The lowest BCUT2D eigenvalue weighted by atomic mass is 10.1. The van der Waals surface area contributed by atoms with E-state index in [0.717, 1.165) is 24.1 Å². The van der Waals surface area contributed by atoms with Crippen molar-refractivity contribution in [3.05, 3.63) is 66.0 Å². The van der Waals surface area contributed by atoms with E-state index in [0.29, 0.717) is 0 Å². The number of halogens is 1. The minimum absolute atomic E-state index is 0.0731. The third-order valence-corrected chi connectivity index (χ3v) is 5.51. The standard InChI is InChI=1S/C19H23FN2O3S/c1-3-14(2)21-19(23)18(13-15-7-5-4-6-8-15)22-26(24,25)17-11-9-16(20)10-12-17/h4-12,14,18,22H,3,13H2,1-2H3,(H,21,23)/t14-,18+/m0/s1.